The van der Waals surface area contributed by atoms with Crippen molar-refractivity contribution in [2.45, 2.75) is 25.4 Å². The molecule has 7 heteroatoms. The summed E-state index contributed by atoms with van der Waals surface area (Å²) in [5.41, 5.74) is 0. The van der Waals surface area contributed by atoms with Crippen molar-refractivity contribution in [1.82, 2.24) is 10.2 Å². The molecule has 0 saturated carbocycles. The monoisotopic (exact) mass is 290 g/mol. The Hall–Kier alpha value is -0.660. The summed E-state index contributed by atoms with van der Waals surface area (Å²) in [7, 11) is -1.26. The van der Waals surface area contributed by atoms with Crippen molar-refractivity contribution in [3.8, 4) is 0 Å². The second kappa shape index (κ2) is 5.76. The normalized spacial score (nSPS) is 33.5. The Morgan fingerprint density at radius 1 is 1.42 bits per heavy atom. The lowest BCUT2D eigenvalue weighted by Gasteiger charge is -2.28. The quantitative estimate of drug-likeness (QED) is 0.738. The summed E-state index contributed by atoms with van der Waals surface area (Å²) in [5.74, 6) is 0.0701. The molecule has 2 heterocycles. The van der Waals surface area contributed by atoms with E-state index in [4.69, 9.17) is 4.74 Å². The van der Waals surface area contributed by atoms with Crippen LogP contribution in [0.3, 0.4) is 0 Å². The van der Waals surface area contributed by atoms with E-state index >= 15 is 0 Å². The van der Waals surface area contributed by atoms with Crippen molar-refractivity contribution in [2.24, 2.45) is 5.92 Å². The van der Waals surface area contributed by atoms with Crippen LogP contribution in [0.15, 0.2) is 0 Å². The molecular formula is C12H22N2O4S. The minimum Gasteiger partial charge on any atom is -0.379 e. The van der Waals surface area contributed by atoms with Crippen LogP contribution in [0.5, 0.6) is 0 Å². The molecule has 0 radical (unpaired) electrons. The molecule has 2 fully saturated rings. The third-order valence-corrected chi connectivity index (χ3v) is 5.72. The van der Waals surface area contributed by atoms with Crippen LogP contribution in [-0.2, 0) is 19.4 Å². The molecule has 3 unspecified atom stereocenters. The highest BCUT2D eigenvalue weighted by Gasteiger charge is 2.39. The molecule has 1 N–H and O–H groups in total. The molecule has 3 atom stereocenters. The Kier molecular flexibility index (Phi) is 4.47. The molecule has 19 heavy (non-hydrogen) atoms. The molecule has 2 aliphatic heterocycles. The summed E-state index contributed by atoms with van der Waals surface area (Å²) >= 11 is 0. The van der Waals surface area contributed by atoms with Crippen LogP contribution >= 0.6 is 0 Å². The van der Waals surface area contributed by atoms with Crippen LogP contribution in [-0.4, -0.2) is 69.6 Å². The second-order valence-corrected chi connectivity index (χ2v) is 7.54. The fourth-order valence-corrected chi connectivity index (χ4v) is 4.56. The van der Waals surface area contributed by atoms with Crippen molar-refractivity contribution in [1.29, 1.82) is 0 Å². The first-order chi connectivity index (χ1) is 8.94. The summed E-state index contributed by atoms with van der Waals surface area (Å²) in [6.07, 6.45) is 0.546. The molecule has 2 rings (SSSR count). The van der Waals surface area contributed by atoms with Crippen molar-refractivity contribution in [3.63, 3.8) is 0 Å². The van der Waals surface area contributed by atoms with Gasteiger partial charge in [-0.25, -0.2) is 8.42 Å². The predicted octanol–water partition coefficient (Wildman–Crippen LogP) is -0.744. The van der Waals surface area contributed by atoms with Crippen LogP contribution < -0.4 is 5.32 Å². The number of carbonyl (C=O) groups excluding carboxylic acids is 1. The lowest BCUT2D eigenvalue weighted by Crippen LogP contribution is -2.48. The molecule has 2 aliphatic rings. The van der Waals surface area contributed by atoms with E-state index < -0.39 is 9.84 Å². The predicted molar refractivity (Wildman–Crippen MR) is 71.6 cm³/mol. The van der Waals surface area contributed by atoms with Gasteiger partial charge >= 0.3 is 0 Å². The van der Waals surface area contributed by atoms with Crippen LogP contribution in [0, 0.1) is 5.92 Å². The molecular weight excluding hydrogens is 268 g/mol. The Balaban J connectivity index is 1.99. The van der Waals surface area contributed by atoms with Gasteiger partial charge < -0.3 is 15.0 Å². The number of sulfone groups is 1. The SMILES string of the molecule is CCNC1COCC1C(=O)N(C)C1CCS(=O)(=O)C1. The first kappa shape index (κ1) is 14.7. The summed E-state index contributed by atoms with van der Waals surface area (Å²) in [6.45, 7) is 3.74. The van der Waals surface area contributed by atoms with Crippen LogP contribution in [0.2, 0.25) is 0 Å². The maximum atomic E-state index is 12.4. The number of ether oxygens (including phenoxy) is 1. The van der Waals surface area contributed by atoms with E-state index in [1.54, 1.807) is 11.9 Å². The van der Waals surface area contributed by atoms with Crippen LogP contribution in [0.25, 0.3) is 0 Å². The third-order valence-electron chi connectivity index (χ3n) is 3.97. The Morgan fingerprint density at radius 3 is 2.74 bits per heavy atom. The van der Waals surface area contributed by atoms with Gasteiger partial charge in [-0.05, 0) is 13.0 Å². The number of hydrogen-bond acceptors (Lipinski definition) is 5. The average Bonchev–Trinajstić information content (AvgIpc) is 2.94. The second-order valence-electron chi connectivity index (χ2n) is 5.31. The zero-order valence-electron chi connectivity index (χ0n) is 11.5. The zero-order valence-corrected chi connectivity index (χ0v) is 12.3. The number of likely N-dealkylation sites (N-methyl/N-ethyl adjacent to an activating group) is 1. The topological polar surface area (TPSA) is 75.7 Å². The molecule has 0 aliphatic carbocycles. The minimum absolute atomic E-state index is 0.00875. The van der Waals surface area contributed by atoms with Gasteiger partial charge in [-0.15, -0.1) is 0 Å². The highest BCUT2D eigenvalue weighted by Crippen LogP contribution is 2.22. The van der Waals surface area contributed by atoms with Crippen LogP contribution in [0.4, 0.5) is 0 Å². The maximum absolute atomic E-state index is 12.4. The van der Waals surface area contributed by atoms with Crippen molar-refractivity contribution < 1.29 is 17.9 Å². The Bertz CT molecular complexity index is 437. The van der Waals surface area contributed by atoms with Crippen molar-refractivity contribution >= 4 is 15.7 Å². The number of nitrogens with one attached hydrogen (secondary N) is 1. The lowest BCUT2D eigenvalue weighted by molar-refractivity contribution is -0.136. The van der Waals surface area contributed by atoms with E-state index in [2.05, 4.69) is 5.32 Å². The summed E-state index contributed by atoms with van der Waals surface area (Å²) < 4.78 is 28.3. The van der Waals surface area contributed by atoms with Gasteiger partial charge in [0, 0.05) is 19.1 Å². The van der Waals surface area contributed by atoms with E-state index in [9.17, 15) is 13.2 Å². The molecule has 6 nitrogen and oxygen atoms in total. The Morgan fingerprint density at radius 2 is 2.16 bits per heavy atom. The van der Waals surface area contributed by atoms with Crippen molar-refractivity contribution in [3.05, 3.63) is 0 Å². The number of hydrogen-bond donors (Lipinski definition) is 1. The molecule has 1 amide bonds. The average molecular weight is 290 g/mol. The van der Waals surface area contributed by atoms with Crippen molar-refractivity contribution in [2.75, 3.05) is 38.3 Å². The number of rotatable bonds is 4. The minimum atomic E-state index is -2.96. The highest BCUT2D eigenvalue weighted by molar-refractivity contribution is 7.91. The zero-order chi connectivity index (χ0) is 14.0. The summed E-state index contributed by atoms with van der Waals surface area (Å²) in [5, 5.41) is 3.25. The largest absolute Gasteiger partial charge is 0.379 e. The molecule has 0 spiro atoms. The van der Waals surface area contributed by atoms with E-state index in [0.717, 1.165) is 6.54 Å². The molecule has 0 aromatic heterocycles. The van der Waals surface area contributed by atoms with Gasteiger partial charge in [-0.1, -0.05) is 6.92 Å². The smallest absolute Gasteiger partial charge is 0.229 e. The maximum Gasteiger partial charge on any atom is 0.229 e. The standard InChI is InChI=1S/C12H22N2O4S/c1-3-13-11-7-18-6-10(11)12(15)14(2)9-4-5-19(16,17)8-9/h9-11,13H,3-8H2,1-2H3. The number of nitrogens with zero attached hydrogens (tertiary/aromatic N) is 1. The molecule has 2 saturated heterocycles. The van der Waals surface area contributed by atoms with E-state index in [0.29, 0.717) is 19.6 Å². The first-order valence-electron chi connectivity index (χ1n) is 6.73. The van der Waals surface area contributed by atoms with Gasteiger partial charge in [-0.2, -0.15) is 0 Å². The molecule has 0 bridgehead atoms. The van der Waals surface area contributed by atoms with E-state index in [-0.39, 0.29) is 35.4 Å². The van der Waals surface area contributed by atoms with Crippen LogP contribution in [0.1, 0.15) is 13.3 Å². The third kappa shape index (κ3) is 3.27. The first-order valence-corrected chi connectivity index (χ1v) is 8.55. The summed E-state index contributed by atoms with van der Waals surface area (Å²) in [4.78, 5) is 14.0. The van der Waals surface area contributed by atoms with E-state index in [1.807, 2.05) is 6.92 Å². The lowest BCUT2D eigenvalue weighted by atomic mass is 10.0. The van der Waals surface area contributed by atoms with E-state index in [1.165, 1.54) is 0 Å². The number of amides is 1. The highest BCUT2D eigenvalue weighted by atomic mass is 32.2. The molecule has 0 aromatic carbocycles. The fourth-order valence-electron chi connectivity index (χ4n) is 2.78. The van der Waals surface area contributed by atoms with Gasteiger partial charge in [0.15, 0.2) is 9.84 Å². The Labute approximate surface area is 114 Å². The van der Waals surface area contributed by atoms with Gasteiger partial charge in [0.25, 0.3) is 0 Å². The van der Waals surface area contributed by atoms with Gasteiger partial charge in [0.2, 0.25) is 5.91 Å². The number of carbonyl (C=O) groups is 1. The fraction of sp³-hybridized carbons (Fsp3) is 0.917. The van der Waals surface area contributed by atoms with Gasteiger partial charge in [0.05, 0.1) is 30.6 Å². The molecule has 0 aromatic rings. The molecule has 110 valence electrons. The summed E-state index contributed by atoms with van der Waals surface area (Å²) in [6, 6.07) is -0.140. The van der Waals surface area contributed by atoms with Gasteiger partial charge in [0.1, 0.15) is 0 Å². The van der Waals surface area contributed by atoms with Gasteiger partial charge in [-0.3, -0.25) is 4.79 Å².